The highest BCUT2D eigenvalue weighted by Crippen LogP contribution is 2.41. The predicted molar refractivity (Wildman–Crippen MR) is 122 cm³/mol. The zero-order valence-electron chi connectivity index (χ0n) is 18.3. The Bertz CT molecular complexity index is 957. The molecule has 1 aliphatic carbocycles. The number of likely N-dealkylation sites (tertiary alicyclic amines) is 1. The van der Waals surface area contributed by atoms with Gasteiger partial charge >= 0.3 is 0 Å². The van der Waals surface area contributed by atoms with Gasteiger partial charge in [0.1, 0.15) is 11.9 Å². The van der Waals surface area contributed by atoms with Gasteiger partial charge in [0.15, 0.2) is 0 Å². The monoisotopic (exact) mass is 435 g/mol. The molecule has 2 saturated heterocycles. The summed E-state index contributed by atoms with van der Waals surface area (Å²) in [6.45, 7) is 2.92. The van der Waals surface area contributed by atoms with Crippen molar-refractivity contribution in [1.29, 1.82) is 0 Å². The quantitative estimate of drug-likeness (QED) is 0.733. The lowest BCUT2D eigenvalue weighted by Gasteiger charge is -2.39. The minimum Gasteiger partial charge on any atom is -0.368 e. The Balaban J connectivity index is 1.33. The Hall–Kier alpha value is -2.89. The van der Waals surface area contributed by atoms with Crippen molar-refractivity contribution >= 4 is 17.5 Å². The lowest BCUT2D eigenvalue weighted by Crippen LogP contribution is -2.55. The van der Waals surface area contributed by atoms with Crippen LogP contribution in [0.3, 0.4) is 0 Å². The van der Waals surface area contributed by atoms with Gasteiger partial charge in [-0.3, -0.25) is 9.59 Å². The van der Waals surface area contributed by atoms with E-state index in [0.29, 0.717) is 24.6 Å². The number of fused-ring (bicyclic) bond motifs is 1. The summed E-state index contributed by atoms with van der Waals surface area (Å²) in [4.78, 5) is 33.2. The summed E-state index contributed by atoms with van der Waals surface area (Å²) in [7, 11) is 0. The van der Waals surface area contributed by atoms with Crippen molar-refractivity contribution in [2.75, 3.05) is 31.1 Å². The SMILES string of the molecule is O=C([C@@H]1C[C@@H]2CCCC[C@H]2N1C(=O)c1ccc(F)cc1)N1CCN(c2ccccc2)CC1. The average Bonchev–Trinajstić information content (AvgIpc) is 3.24. The summed E-state index contributed by atoms with van der Waals surface area (Å²) < 4.78 is 13.4. The Kier molecular flexibility index (Phi) is 5.85. The van der Waals surface area contributed by atoms with E-state index in [1.165, 1.54) is 30.0 Å². The molecule has 5 rings (SSSR count). The summed E-state index contributed by atoms with van der Waals surface area (Å²) >= 11 is 0. The van der Waals surface area contributed by atoms with Crippen molar-refractivity contribution in [1.82, 2.24) is 9.80 Å². The van der Waals surface area contributed by atoms with E-state index in [1.54, 1.807) is 0 Å². The first-order valence-corrected chi connectivity index (χ1v) is 11.8. The van der Waals surface area contributed by atoms with Crippen molar-refractivity contribution in [3.05, 3.63) is 66.0 Å². The summed E-state index contributed by atoms with van der Waals surface area (Å²) in [5.74, 6) is -0.0432. The standard InChI is InChI=1S/C26H30FN3O2/c27-21-12-10-19(11-13-21)25(31)30-23-9-5-4-6-20(23)18-24(30)26(32)29-16-14-28(15-17-29)22-7-2-1-3-8-22/h1-3,7-8,10-13,20,23-24H,4-6,9,14-18H2/t20-,23+,24-/m0/s1. The number of carbonyl (C=O) groups excluding carboxylic acids is 2. The zero-order valence-corrected chi connectivity index (χ0v) is 18.3. The molecule has 2 aromatic rings. The second-order valence-corrected chi connectivity index (χ2v) is 9.23. The Labute approximate surface area is 188 Å². The molecule has 2 heterocycles. The maximum atomic E-state index is 13.6. The van der Waals surface area contributed by atoms with Crippen LogP contribution < -0.4 is 4.90 Å². The van der Waals surface area contributed by atoms with Crippen molar-refractivity contribution in [3.63, 3.8) is 0 Å². The van der Waals surface area contributed by atoms with Gasteiger partial charge in [0, 0.05) is 43.5 Å². The van der Waals surface area contributed by atoms with Crippen molar-refractivity contribution in [3.8, 4) is 0 Å². The predicted octanol–water partition coefficient (Wildman–Crippen LogP) is 3.95. The number of piperazine rings is 1. The third kappa shape index (κ3) is 3.98. The van der Waals surface area contributed by atoms with Crippen LogP contribution in [0.2, 0.25) is 0 Å². The molecule has 0 bridgehead atoms. The van der Waals surface area contributed by atoms with E-state index < -0.39 is 6.04 Å². The number of halogens is 1. The van der Waals surface area contributed by atoms with Gasteiger partial charge in [-0.05, 0) is 61.6 Å². The second kappa shape index (κ2) is 8.93. The number of benzene rings is 2. The van der Waals surface area contributed by atoms with Crippen LogP contribution in [0.25, 0.3) is 0 Å². The maximum Gasteiger partial charge on any atom is 0.254 e. The summed E-state index contributed by atoms with van der Waals surface area (Å²) in [6.07, 6.45) is 5.02. The number of anilines is 1. The molecule has 2 aromatic carbocycles. The molecule has 2 aliphatic heterocycles. The molecule has 168 valence electrons. The average molecular weight is 436 g/mol. The summed E-state index contributed by atoms with van der Waals surface area (Å²) in [5.41, 5.74) is 1.64. The van der Waals surface area contributed by atoms with Crippen molar-refractivity contribution < 1.29 is 14.0 Å². The molecule has 0 radical (unpaired) electrons. The zero-order chi connectivity index (χ0) is 22.1. The molecule has 0 unspecified atom stereocenters. The van der Waals surface area contributed by atoms with E-state index in [4.69, 9.17) is 0 Å². The number of hydrogen-bond donors (Lipinski definition) is 0. The van der Waals surface area contributed by atoms with E-state index in [1.807, 2.05) is 28.0 Å². The number of carbonyl (C=O) groups is 2. The summed E-state index contributed by atoms with van der Waals surface area (Å²) in [6, 6.07) is 15.7. The van der Waals surface area contributed by atoms with E-state index in [-0.39, 0.29) is 23.7 Å². The van der Waals surface area contributed by atoms with Crippen molar-refractivity contribution in [2.24, 2.45) is 5.92 Å². The molecule has 0 aromatic heterocycles. The van der Waals surface area contributed by atoms with Crippen LogP contribution in [-0.2, 0) is 4.79 Å². The molecule has 3 atom stereocenters. The van der Waals surface area contributed by atoms with Crippen LogP contribution in [-0.4, -0.2) is 59.9 Å². The highest BCUT2D eigenvalue weighted by Gasteiger charge is 2.48. The molecular weight excluding hydrogens is 405 g/mol. The molecule has 5 nitrogen and oxygen atoms in total. The molecule has 0 N–H and O–H groups in total. The molecule has 0 spiro atoms. The van der Waals surface area contributed by atoms with E-state index in [2.05, 4.69) is 17.0 Å². The first-order chi connectivity index (χ1) is 15.6. The van der Waals surface area contributed by atoms with Gasteiger partial charge < -0.3 is 14.7 Å². The van der Waals surface area contributed by atoms with Gasteiger partial charge in [-0.15, -0.1) is 0 Å². The number of nitrogens with zero attached hydrogens (tertiary/aromatic N) is 3. The largest absolute Gasteiger partial charge is 0.368 e. The Morgan fingerprint density at radius 1 is 0.844 bits per heavy atom. The third-order valence-electron chi connectivity index (χ3n) is 7.41. The van der Waals surface area contributed by atoms with Gasteiger partial charge in [0.05, 0.1) is 0 Å². The van der Waals surface area contributed by atoms with Crippen LogP contribution in [0.15, 0.2) is 54.6 Å². The fourth-order valence-corrected chi connectivity index (χ4v) is 5.75. The fourth-order valence-electron chi connectivity index (χ4n) is 5.75. The number of para-hydroxylation sites is 1. The van der Waals surface area contributed by atoms with Crippen LogP contribution in [0.5, 0.6) is 0 Å². The lowest BCUT2D eigenvalue weighted by atomic mass is 9.84. The molecule has 1 saturated carbocycles. The van der Waals surface area contributed by atoms with Gasteiger partial charge in [-0.2, -0.15) is 0 Å². The topological polar surface area (TPSA) is 43.9 Å². The summed E-state index contributed by atoms with van der Waals surface area (Å²) in [5, 5.41) is 0. The molecule has 3 aliphatic rings. The van der Waals surface area contributed by atoms with Gasteiger partial charge in [-0.1, -0.05) is 31.0 Å². The van der Waals surface area contributed by atoms with Crippen molar-refractivity contribution in [2.45, 2.75) is 44.2 Å². The first kappa shape index (κ1) is 21.0. The minimum absolute atomic E-state index is 0.0718. The Morgan fingerprint density at radius 3 is 2.25 bits per heavy atom. The van der Waals surface area contributed by atoms with E-state index in [0.717, 1.165) is 45.2 Å². The number of rotatable bonds is 3. The lowest BCUT2D eigenvalue weighted by molar-refractivity contribution is -0.136. The third-order valence-corrected chi connectivity index (χ3v) is 7.41. The fraction of sp³-hybridized carbons (Fsp3) is 0.462. The highest BCUT2D eigenvalue weighted by molar-refractivity contribution is 5.98. The smallest absolute Gasteiger partial charge is 0.254 e. The number of amides is 2. The highest BCUT2D eigenvalue weighted by atomic mass is 19.1. The van der Waals surface area contributed by atoms with Crippen LogP contribution >= 0.6 is 0 Å². The Morgan fingerprint density at radius 2 is 1.53 bits per heavy atom. The molecule has 2 amide bonds. The van der Waals surface area contributed by atoms with Crippen LogP contribution in [0.1, 0.15) is 42.5 Å². The molecule has 32 heavy (non-hydrogen) atoms. The normalized spacial score (nSPS) is 25.5. The van der Waals surface area contributed by atoms with E-state index in [9.17, 15) is 14.0 Å². The van der Waals surface area contributed by atoms with Gasteiger partial charge in [0.25, 0.3) is 5.91 Å². The maximum absolute atomic E-state index is 13.6. The van der Waals surface area contributed by atoms with Crippen LogP contribution in [0, 0.1) is 11.7 Å². The van der Waals surface area contributed by atoms with Gasteiger partial charge in [0.2, 0.25) is 5.91 Å². The molecule has 6 heteroatoms. The van der Waals surface area contributed by atoms with Crippen LogP contribution in [0.4, 0.5) is 10.1 Å². The van der Waals surface area contributed by atoms with E-state index >= 15 is 0 Å². The molecule has 3 fully saturated rings. The van der Waals surface area contributed by atoms with Gasteiger partial charge in [-0.25, -0.2) is 4.39 Å². The second-order valence-electron chi connectivity index (χ2n) is 9.23. The minimum atomic E-state index is -0.413. The molecular formula is C26H30FN3O2. The first-order valence-electron chi connectivity index (χ1n) is 11.8. The number of hydrogen-bond acceptors (Lipinski definition) is 3.